The van der Waals surface area contributed by atoms with E-state index in [9.17, 15) is 18.8 Å². The van der Waals surface area contributed by atoms with E-state index in [0.29, 0.717) is 24.2 Å². The van der Waals surface area contributed by atoms with Crippen LogP contribution < -0.4 is 15.6 Å². The van der Waals surface area contributed by atoms with Gasteiger partial charge in [0.2, 0.25) is 0 Å². The van der Waals surface area contributed by atoms with Gasteiger partial charge in [-0.2, -0.15) is 0 Å². The van der Waals surface area contributed by atoms with Gasteiger partial charge in [0.15, 0.2) is 11.5 Å². The van der Waals surface area contributed by atoms with Gasteiger partial charge in [-0.15, -0.1) is 0 Å². The Kier molecular flexibility index (Phi) is 3.75. The summed E-state index contributed by atoms with van der Waals surface area (Å²) in [6.45, 7) is 0.0278. The van der Waals surface area contributed by atoms with Crippen LogP contribution in [0.1, 0.15) is 11.3 Å². The zero-order chi connectivity index (χ0) is 18.4. The number of carbonyl (C=O) groups excluding carboxylic acids is 2. The van der Waals surface area contributed by atoms with E-state index in [4.69, 9.17) is 4.74 Å². The Hall–Kier alpha value is -3.16. The predicted molar refractivity (Wildman–Crippen MR) is 91.1 cm³/mol. The molecule has 8 heteroatoms. The molecule has 1 atom stereocenters. The third-order valence-electron chi connectivity index (χ3n) is 4.69. The highest BCUT2D eigenvalue weighted by Gasteiger charge is 2.37. The summed E-state index contributed by atoms with van der Waals surface area (Å²) in [4.78, 5) is 36.5. The first-order valence-electron chi connectivity index (χ1n) is 8.22. The Balaban J connectivity index is 1.73. The van der Waals surface area contributed by atoms with E-state index >= 15 is 0 Å². The van der Waals surface area contributed by atoms with Gasteiger partial charge >= 0.3 is 6.09 Å². The van der Waals surface area contributed by atoms with Crippen LogP contribution in [0.15, 0.2) is 35.3 Å². The van der Waals surface area contributed by atoms with Crippen molar-refractivity contribution in [2.75, 3.05) is 18.5 Å². The number of carbonyl (C=O) groups is 2. The summed E-state index contributed by atoms with van der Waals surface area (Å²) in [5, 5.41) is 2.43. The zero-order valence-corrected chi connectivity index (χ0v) is 14.0. The molecule has 2 aliphatic heterocycles. The summed E-state index contributed by atoms with van der Waals surface area (Å²) in [6, 6.07) is 5.87. The summed E-state index contributed by atoms with van der Waals surface area (Å²) >= 11 is 0. The number of nitrogens with one attached hydrogen (secondary N) is 1. The molecule has 2 amide bonds. The summed E-state index contributed by atoms with van der Waals surface area (Å²) in [5.74, 6) is -0.907. The minimum absolute atomic E-state index is 0.0278. The van der Waals surface area contributed by atoms with Gasteiger partial charge in [0, 0.05) is 31.1 Å². The number of fused-ring (bicyclic) bond motifs is 3. The molecule has 0 spiro atoms. The number of nitrogens with zero attached hydrogens (tertiary/aromatic N) is 2. The summed E-state index contributed by atoms with van der Waals surface area (Å²) in [5.41, 5.74) is 2.09. The molecule has 26 heavy (non-hydrogen) atoms. The van der Waals surface area contributed by atoms with Gasteiger partial charge in [-0.1, -0.05) is 0 Å². The minimum Gasteiger partial charge on any atom is -0.434 e. The largest absolute Gasteiger partial charge is 0.434 e. The lowest BCUT2D eigenvalue weighted by Gasteiger charge is -2.24. The van der Waals surface area contributed by atoms with Crippen LogP contribution in [-0.2, 0) is 22.4 Å². The second-order valence-corrected chi connectivity index (χ2v) is 6.26. The van der Waals surface area contributed by atoms with Crippen LogP contribution in [0, 0.1) is 5.82 Å². The van der Waals surface area contributed by atoms with Crippen molar-refractivity contribution in [2.45, 2.75) is 18.9 Å². The van der Waals surface area contributed by atoms with Crippen LogP contribution in [0.4, 0.5) is 14.9 Å². The highest BCUT2D eigenvalue weighted by Crippen LogP contribution is 2.32. The molecule has 7 nitrogen and oxygen atoms in total. The van der Waals surface area contributed by atoms with Crippen molar-refractivity contribution in [3.05, 3.63) is 57.8 Å². The average molecular weight is 357 g/mol. The van der Waals surface area contributed by atoms with Gasteiger partial charge in [0.05, 0.1) is 17.9 Å². The van der Waals surface area contributed by atoms with Gasteiger partial charge in [-0.25, -0.2) is 9.18 Å². The van der Waals surface area contributed by atoms with Crippen molar-refractivity contribution in [1.82, 2.24) is 9.88 Å². The number of pyridine rings is 1. The maximum Gasteiger partial charge on any atom is 0.415 e. The van der Waals surface area contributed by atoms with Gasteiger partial charge < -0.3 is 14.6 Å². The van der Waals surface area contributed by atoms with Crippen molar-refractivity contribution in [3.63, 3.8) is 0 Å². The number of anilines is 1. The number of rotatable bonds is 2. The van der Waals surface area contributed by atoms with Crippen LogP contribution >= 0.6 is 0 Å². The number of hydrogen-bond donors (Lipinski definition) is 1. The lowest BCUT2D eigenvalue weighted by Crippen LogP contribution is -2.35. The van der Waals surface area contributed by atoms with Gasteiger partial charge in [-0.3, -0.25) is 14.5 Å². The second kappa shape index (κ2) is 5.98. The normalized spacial score (nSPS) is 18.2. The number of likely N-dealkylation sites (N-methyl/N-ethyl adjacent to an activating group) is 1. The molecule has 0 unspecified atom stereocenters. The van der Waals surface area contributed by atoms with Gasteiger partial charge in [0.1, 0.15) is 5.82 Å². The van der Waals surface area contributed by atoms with E-state index in [1.165, 1.54) is 30.1 Å². The van der Waals surface area contributed by atoms with Gasteiger partial charge in [0.25, 0.3) is 5.91 Å². The fourth-order valence-corrected chi connectivity index (χ4v) is 3.43. The number of halogens is 1. The second-order valence-electron chi connectivity index (χ2n) is 6.26. The molecular weight excluding hydrogens is 341 g/mol. The smallest absolute Gasteiger partial charge is 0.415 e. The third kappa shape index (κ3) is 2.54. The van der Waals surface area contributed by atoms with Crippen molar-refractivity contribution >= 4 is 17.7 Å². The highest BCUT2D eigenvalue weighted by molar-refractivity contribution is 5.95. The molecule has 1 saturated heterocycles. The number of cyclic esters (lactones) is 1. The van der Waals surface area contributed by atoms with Crippen LogP contribution in [-0.4, -0.2) is 36.3 Å². The topological polar surface area (TPSA) is 80.6 Å². The van der Waals surface area contributed by atoms with Crippen molar-refractivity contribution in [3.8, 4) is 5.69 Å². The van der Waals surface area contributed by atoms with Crippen LogP contribution in [0.5, 0.6) is 0 Å². The van der Waals surface area contributed by atoms with Crippen molar-refractivity contribution in [2.24, 2.45) is 0 Å². The van der Waals surface area contributed by atoms with Crippen LogP contribution in [0.25, 0.3) is 5.69 Å². The fraction of sp³-hybridized carbons (Fsp3) is 0.278. The number of amides is 2. The maximum atomic E-state index is 14.9. The molecule has 2 aliphatic rings. The Labute approximate surface area is 148 Å². The van der Waals surface area contributed by atoms with E-state index in [1.807, 2.05) is 0 Å². The third-order valence-corrected chi connectivity index (χ3v) is 4.69. The standard InChI is InChI=1S/C18H16FN3O4/c1-20-17(24)15-9-22(18(25)26-15)12-6-10-2-3-11-7-13(23)4-5-21(11)16(10)14(19)8-12/h4-8,15H,2-3,9H2,1H3,(H,20,24)/t15-/m1/s1. The molecule has 0 bridgehead atoms. The Morgan fingerprint density at radius 2 is 2.08 bits per heavy atom. The van der Waals surface area contributed by atoms with Gasteiger partial charge in [-0.05, 0) is 30.5 Å². The molecule has 1 fully saturated rings. The first-order chi connectivity index (χ1) is 12.5. The molecular formula is C18H16FN3O4. The summed E-state index contributed by atoms with van der Waals surface area (Å²) in [6.07, 6.45) is 1.10. The number of aromatic nitrogens is 1. The molecule has 4 rings (SSSR count). The summed E-state index contributed by atoms with van der Waals surface area (Å²) in [7, 11) is 1.46. The SMILES string of the molecule is CNC(=O)[C@H]1CN(c2cc(F)c3c(c2)CCc2cc(=O)ccn2-3)C(=O)O1. The quantitative estimate of drug-likeness (QED) is 0.874. The maximum absolute atomic E-state index is 14.9. The average Bonchev–Trinajstić information content (AvgIpc) is 3.02. The highest BCUT2D eigenvalue weighted by atomic mass is 19.1. The molecule has 1 N–H and O–H groups in total. The number of benzene rings is 1. The fourth-order valence-electron chi connectivity index (χ4n) is 3.43. The Morgan fingerprint density at radius 3 is 2.85 bits per heavy atom. The number of ether oxygens (including phenoxy) is 1. The molecule has 2 aromatic rings. The van der Waals surface area contributed by atoms with E-state index < -0.39 is 23.9 Å². The van der Waals surface area contributed by atoms with Crippen LogP contribution in [0.3, 0.4) is 0 Å². The first kappa shape index (κ1) is 16.3. The molecule has 1 aromatic carbocycles. The minimum atomic E-state index is -0.919. The first-order valence-corrected chi connectivity index (χ1v) is 8.22. The number of aryl methyl sites for hydroxylation is 2. The lowest BCUT2D eigenvalue weighted by molar-refractivity contribution is -0.127. The van der Waals surface area contributed by atoms with E-state index in [-0.39, 0.29) is 12.0 Å². The summed E-state index contributed by atoms with van der Waals surface area (Å²) < 4.78 is 21.6. The molecule has 134 valence electrons. The molecule has 3 heterocycles. The van der Waals surface area contributed by atoms with Crippen LogP contribution in [0.2, 0.25) is 0 Å². The number of hydrogen-bond acceptors (Lipinski definition) is 4. The Morgan fingerprint density at radius 1 is 1.27 bits per heavy atom. The van der Waals surface area contributed by atoms with E-state index in [0.717, 1.165) is 11.3 Å². The monoisotopic (exact) mass is 357 g/mol. The molecule has 0 radical (unpaired) electrons. The Bertz CT molecular complexity index is 985. The van der Waals surface area contributed by atoms with E-state index in [2.05, 4.69) is 5.32 Å². The van der Waals surface area contributed by atoms with Crippen molar-refractivity contribution < 1.29 is 18.7 Å². The zero-order valence-electron chi connectivity index (χ0n) is 14.0. The van der Waals surface area contributed by atoms with E-state index in [1.54, 1.807) is 16.8 Å². The molecule has 0 saturated carbocycles. The molecule has 1 aromatic heterocycles. The predicted octanol–water partition coefficient (Wildman–Crippen LogP) is 1.15. The molecule has 0 aliphatic carbocycles. The lowest BCUT2D eigenvalue weighted by atomic mass is 9.99. The van der Waals surface area contributed by atoms with Crippen molar-refractivity contribution in [1.29, 1.82) is 0 Å².